The molecule has 1 fully saturated rings. The predicted octanol–water partition coefficient (Wildman–Crippen LogP) is 4.28. The number of piperidine rings is 1. The van der Waals surface area contributed by atoms with E-state index >= 15 is 0 Å². The highest BCUT2D eigenvalue weighted by molar-refractivity contribution is 5.51. The van der Waals surface area contributed by atoms with Gasteiger partial charge in [-0.25, -0.2) is 0 Å². The van der Waals surface area contributed by atoms with Crippen molar-refractivity contribution in [3.05, 3.63) is 57.4 Å². The first-order valence-electron chi connectivity index (χ1n) is 9.37. The van der Waals surface area contributed by atoms with Crippen molar-refractivity contribution in [2.75, 3.05) is 13.1 Å². The third-order valence-corrected chi connectivity index (χ3v) is 6.41. The molecule has 1 aromatic carbocycles. The molecule has 2 heterocycles. The summed E-state index contributed by atoms with van der Waals surface area (Å²) in [5, 5.41) is 11.5. The molecular weight excluding hydrogens is 308 g/mol. The number of rotatable bonds is 3. The highest BCUT2D eigenvalue weighted by Crippen LogP contribution is 2.40. The SMILES string of the molecule is Cc1ccn(CN2CCC(O)(c3c(C)c(C)c(C)c(C)c3C)CC2)c1. The van der Waals surface area contributed by atoms with Crippen LogP contribution < -0.4 is 0 Å². The van der Waals surface area contributed by atoms with E-state index in [2.05, 4.69) is 69.5 Å². The van der Waals surface area contributed by atoms with Crippen LogP contribution >= 0.6 is 0 Å². The van der Waals surface area contributed by atoms with Crippen molar-refractivity contribution >= 4 is 0 Å². The van der Waals surface area contributed by atoms with Gasteiger partial charge < -0.3 is 9.67 Å². The molecule has 1 aliphatic rings. The molecule has 0 radical (unpaired) electrons. The summed E-state index contributed by atoms with van der Waals surface area (Å²) in [6.45, 7) is 15.8. The van der Waals surface area contributed by atoms with Gasteiger partial charge in [-0.15, -0.1) is 0 Å². The first-order valence-corrected chi connectivity index (χ1v) is 9.37. The average molecular weight is 341 g/mol. The standard InChI is InChI=1S/C22H32N2O/c1-15-7-10-24(13-15)14-23-11-8-22(25,9-12-23)21-19(5)17(3)16(2)18(4)20(21)6/h7,10,13,25H,8-9,11-12,14H2,1-6H3. The molecule has 25 heavy (non-hydrogen) atoms. The molecule has 0 spiro atoms. The van der Waals surface area contributed by atoms with Crippen LogP contribution in [0.2, 0.25) is 0 Å². The number of benzene rings is 1. The van der Waals surface area contributed by atoms with Crippen LogP contribution in [0, 0.1) is 41.5 Å². The highest BCUT2D eigenvalue weighted by Gasteiger charge is 2.37. The lowest BCUT2D eigenvalue weighted by atomic mass is 9.76. The fraction of sp³-hybridized carbons (Fsp3) is 0.545. The minimum atomic E-state index is -0.694. The maximum Gasteiger partial charge on any atom is 0.0926 e. The molecule has 3 nitrogen and oxygen atoms in total. The Morgan fingerprint density at radius 3 is 1.88 bits per heavy atom. The van der Waals surface area contributed by atoms with Crippen molar-refractivity contribution in [1.82, 2.24) is 9.47 Å². The lowest BCUT2D eigenvalue weighted by molar-refractivity contribution is -0.0335. The summed E-state index contributed by atoms with van der Waals surface area (Å²) in [5.41, 5.74) is 8.36. The van der Waals surface area contributed by atoms with Crippen molar-refractivity contribution < 1.29 is 5.11 Å². The van der Waals surface area contributed by atoms with Gasteiger partial charge in [0.2, 0.25) is 0 Å². The van der Waals surface area contributed by atoms with Gasteiger partial charge in [-0.3, -0.25) is 4.90 Å². The van der Waals surface area contributed by atoms with E-state index in [9.17, 15) is 5.11 Å². The number of hydrogen-bond donors (Lipinski definition) is 1. The Morgan fingerprint density at radius 1 is 0.880 bits per heavy atom. The van der Waals surface area contributed by atoms with E-state index < -0.39 is 5.60 Å². The van der Waals surface area contributed by atoms with Crippen molar-refractivity contribution in [1.29, 1.82) is 0 Å². The van der Waals surface area contributed by atoms with Gasteiger partial charge in [-0.05, 0) is 99.4 Å². The molecule has 0 unspecified atom stereocenters. The van der Waals surface area contributed by atoms with E-state index in [0.717, 1.165) is 32.6 Å². The van der Waals surface area contributed by atoms with Crippen LogP contribution in [0.25, 0.3) is 0 Å². The molecule has 1 aromatic heterocycles. The number of likely N-dealkylation sites (tertiary alicyclic amines) is 1. The van der Waals surface area contributed by atoms with Gasteiger partial charge >= 0.3 is 0 Å². The van der Waals surface area contributed by atoms with Crippen molar-refractivity contribution in [3.8, 4) is 0 Å². The molecule has 0 bridgehead atoms. The van der Waals surface area contributed by atoms with E-state index in [-0.39, 0.29) is 0 Å². The zero-order valence-corrected chi connectivity index (χ0v) is 16.6. The van der Waals surface area contributed by atoms with Crippen molar-refractivity contribution in [2.24, 2.45) is 0 Å². The summed E-state index contributed by atoms with van der Waals surface area (Å²) < 4.78 is 2.23. The van der Waals surface area contributed by atoms with Gasteiger partial charge in [-0.1, -0.05) is 0 Å². The van der Waals surface area contributed by atoms with Gasteiger partial charge in [0.1, 0.15) is 0 Å². The molecule has 0 atom stereocenters. The third-order valence-electron chi connectivity index (χ3n) is 6.41. The highest BCUT2D eigenvalue weighted by atomic mass is 16.3. The first-order chi connectivity index (χ1) is 11.7. The topological polar surface area (TPSA) is 28.4 Å². The lowest BCUT2D eigenvalue weighted by Crippen LogP contribution is -2.44. The lowest BCUT2D eigenvalue weighted by Gasteiger charge is -2.41. The Balaban J connectivity index is 1.81. The minimum absolute atomic E-state index is 0.694. The molecule has 1 saturated heterocycles. The Hall–Kier alpha value is -1.58. The quantitative estimate of drug-likeness (QED) is 0.903. The van der Waals surface area contributed by atoms with Gasteiger partial charge in [0.25, 0.3) is 0 Å². The second kappa shape index (κ2) is 6.62. The maximum atomic E-state index is 11.5. The maximum absolute atomic E-state index is 11.5. The Bertz CT molecular complexity index is 751. The minimum Gasteiger partial charge on any atom is -0.385 e. The smallest absolute Gasteiger partial charge is 0.0926 e. The van der Waals surface area contributed by atoms with E-state index in [0.29, 0.717) is 0 Å². The fourth-order valence-electron chi connectivity index (χ4n) is 4.39. The van der Waals surface area contributed by atoms with Crippen LogP contribution in [0.1, 0.15) is 51.8 Å². The normalized spacial score (nSPS) is 17.9. The van der Waals surface area contributed by atoms with Crippen LogP contribution in [0.4, 0.5) is 0 Å². The van der Waals surface area contributed by atoms with Crippen LogP contribution in [0.3, 0.4) is 0 Å². The molecule has 0 aliphatic carbocycles. The van der Waals surface area contributed by atoms with E-state index in [1.807, 2.05) is 0 Å². The Morgan fingerprint density at radius 2 is 1.40 bits per heavy atom. The van der Waals surface area contributed by atoms with Crippen LogP contribution in [0.5, 0.6) is 0 Å². The monoisotopic (exact) mass is 340 g/mol. The number of aliphatic hydroxyl groups is 1. The molecule has 1 N–H and O–H groups in total. The molecule has 3 heteroatoms. The fourth-order valence-corrected chi connectivity index (χ4v) is 4.39. The second-order valence-electron chi connectivity index (χ2n) is 7.99. The molecule has 1 aliphatic heterocycles. The number of aromatic nitrogens is 1. The molecule has 136 valence electrons. The molecule has 0 amide bonds. The molecule has 3 rings (SSSR count). The Kier molecular flexibility index (Phi) is 4.82. The van der Waals surface area contributed by atoms with E-state index in [4.69, 9.17) is 0 Å². The van der Waals surface area contributed by atoms with E-state index in [1.165, 1.54) is 38.9 Å². The summed E-state index contributed by atoms with van der Waals surface area (Å²) in [6, 6.07) is 2.14. The summed E-state index contributed by atoms with van der Waals surface area (Å²) in [4.78, 5) is 2.44. The molecular formula is C22H32N2O. The average Bonchev–Trinajstić information content (AvgIpc) is 2.98. The van der Waals surface area contributed by atoms with Gasteiger partial charge in [0, 0.05) is 25.5 Å². The second-order valence-corrected chi connectivity index (χ2v) is 7.99. The molecule has 0 saturated carbocycles. The summed E-state index contributed by atoms with van der Waals surface area (Å²) in [6.07, 6.45) is 5.92. The van der Waals surface area contributed by atoms with Gasteiger partial charge in [-0.2, -0.15) is 0 Å². The zero-order chi connectivity index (χ0) is 18.4. The van der Waals surface area contributed by atoms with E-state index in [1.54, 1.807) is 0 Å². The van der Waals surface area contributed by atoms with Crippen LogP contribution in [0.15, 0.2) is 18.5 Å². The number of aryl methyl sites for hydroxylation is 1. The number of nitrogens with zero attached hydrogens (tertiary/aromatic N) is 2. The zero-order valence-electron chi connectivity index (χ0n) is 16.6. The van der Waals surface area contributed by atoms with Gasteiger partial charge in [0.15, 0.2) is 0 Å². The largest absolute Gasteiger partial charge is 0.385 e. The van der Waals surface area contributed by atoms with Crippen LogP contribution in [-0.4, -0.2) is 27.7 Å². The molecule has 2 aromatic rings. The third kappa shape index (κ3) is 3.28. The summed E-state index contributed by atoms with van der Waals surface area (Å²) in [7, 11) is 0. The van der Waals surface area contributed by atoms with Crippen LogP contribution in [-0.2, 0) is 12.3 Å². The van der Waals surface area contributed by atoms with Gasteiger partial charge in [0.05, 0.1) is 12.3 Å². The first kappa shape index (κ1) is 18.2. The number of hydrogen-bond acceptors (Lipinski definition) is 2. The van der Waals surface area contributed by atoms with Crippen molar-refractivity contribution in [2.45, 2.75) is 66.7 Å². The van der Waals surface area contributed by atoms with Crippen molar-refractivity contribution in [3.63, 3.8) is 0 Å². The predicted molar refractivity (Wildman–Crippen MR) is 104 cm³/mol. The summed E-state index contributed by atoms with van der Waals surface area (Å²) >= 11 is 0. The Labute approximate surface area is 152 Å². The summed E-state index contributed by atoms with van der Waals surface area (Å²) in [5.74, 6) is 0.